The number of rotatable bonds is 4. The van der Waals surface area contributed by atoms with Gasteiger partial charge in [-0.15, -0.1) is 10.2 Å². The van der Waals surface area contributed by atoms with Crippen molar-refractivity contribution < 1.29 is 4.79 Å². The molecule has 1 atom stereocenters. The first-order chi connectivity index (χ1) is 9.04. The van der Waals surface area contributed by atoms with Crippen LogP contribution >= 0.6 is 34.7 Å². The summed E-state index contributed by atoms with van der Waals surface area (Å²) in [5.74, 6) is -0.0693. The third-order valence-corrected chi connectivity index (χ3v) is 4.54. The number of hydrogen-bond acceptors (Lipinski definition) is 5. The molecule has 4 nitrogen and oxygen atoms in total. The molecule has 0 aliphatic rings. The molecule has 19 heavy (non-hydrogen) atoms. The fraction of sp³-hybridized carbons (Fsp3) is 0.250. The van der Waals surface area contributed by atoms with Gasteiger partial charge in [0.05, 0.1) is 5.25 Å². The summed E-state index contributed by atoms with van der Waals surface area (Å²) in [6.45, 7) is 3.73. The van der Waals surface area contributed by atoms with Crippen molar-refractivity contribution in [3.8, 4) is 0 Å². The highest BCUT2D eigenvalue weighted by molar-refractivity contribution is 8.02. The number of nitrogens with zero attached hydrogens (tertiary/aromatic N) is 2. The van der Waals surface area contributed by atoms with E-state index in [2.05, 4.69) is 15.5 Å². The lowest BCUT2D eigenvalue weighted by molar-refractivity contribution is -0.115. The average molecular weight is 314 g/mol. The Morgan fingerprint density at radius 3 is 2.63 bits per heavy atom. The van der Waals surface area contributed by atoms with Crippen LogP contribution in [0.25, 0.3) is 0 Å². The molecule has 0 radical (unpaired) electrons. The Hall–Kier alpha value is -1.11. The van der Waals surface area contributed by atoms with Crippen molar-refractivity contribution in [2.24, 2.45) is 0 Å². The first kappa shape index (κ1) is 14.3. The molecule has 1 heterocycles. The van der Waals surface area contributed by atoms with E-state index in [1.807, 2.05) is 13.8 Å². The molecule has 2 aromatic rings. The molecule has 0 spiro atoms. The number of benzene rings is 1. The average Bonchev–Trinajstić information content (AvgIpc) is 2.77. The smallest absolute Gasteiger partial charge is 0.237 e. The van der Waals surface area contributed by atoms with Crippen LogP contribution < -0.4 is 5.32 Å². The Labute approximate surface area is 124 Å². The van der Waals surface area contributed by atoms with E-state index < -0.39 is 0 Å². The van der Waals surface area contributed by atoms with Crippen LogP contribution in [0.1, 0.15) is 11.9 Å². The summed E-state index contributed by atoms with van der Waals surface area (Å²) in [6.07, 6.45) is 0. The molecule has 7 heteroatoms. The normalized spacial score (nSPS) is 12.2. The fourth-order valence-corrected chi connectivity index (χ4v) is 3.39. The largest absolute Gasteiger partial charge is 0.325 e. The predicted molar refractivity (Wildman–Crippen MR) is 80.0 cm³/mol. The fourth-order valence-electron chi connectivity index (χ4n) is 1.31. The molecule has 0 fully saturated rings. The van der Waals surface area contributed by atoms with Gasteiger partial charge in [0.15, 0.2) is 4.34 Å². The second-order valence-electron chi connectivity index (χ2n) is 3.84. The van der Waals surface area contributed by atoms with Crippen LogP contribution in [-0.4, -0.2) is 21.4 Å². The SMILES string of the molecule is Cc1nnc(SC(C)C(=O)Nc2ccc(Cl)cc2)s1. The van der Waals surface area contributed by atoms with Crippen LogP contribution in [0.4, 0.5) is 5.69 Å². The summed E-state index contributed by atoms with van der Waals surface area (Å²) in [4.78, 5) is 12.0. The van der Waals surface area contributed by atoms with Gasteiger partial charge in [-0.1, -0.05) is 34.7 Å². The zero-order valence-corrected chi connectivity index (χ0v) is 12.8. The molecule has 1 aromatic heterocycles. The van der Waals surface area contributed by atoms with E-state index in [0.29, 0.717) is 5.02 Å². The van der Waals surface area contributed by atoms with Gasteiger partial charge in [-0.25, -0.2) is 0 Å². The first-order valence-corrected chi connectivity index (χ1v) is 7.65. The van der Waals surface area contributed by atoms with Crippen molar-refractivity contribution in [1.29, 1.82) is 0 Å². The van der Waals surface area contributed by atoms with Crippen molar-refractivity contribution >= 4 is 46.3 Å². The number of carbonyl (C=O) groups is 1. The molecular weight excluding hydrogens is 302 g/mol. The lowest BCUT2D eigenvalue weighted by Crippen LogP contribution is -2.22. The van der Waals surface area contributed by atoms with Gasteiger partial charge in [0, 0.05) is 10.7 Å². The van der Waals surface area contributed by atoms with Crippen molar-refractivity contribution in [3.05, 3.63) is 34.3 Å². The number of hydrogen-bond donors (Lipinski definition) is 1. The highest BCUT2D eigenvalue weighted by Gasteiger charge is 2.16. The first-order valence-electron chi connectivity index (χ1n) is 5.58. The van der Waals surface area contributed by atoms with E-state index in [-0.39, 0.29) is 11.2 Å². The molecule has 0 aliphatic heterocycles. The second-order valence-corrected chi connectivity index (χ2v) is 7.05. The number of thioether (sulfide) groups is 1. The number of aryl methyl sites for hydroxylation is 1. The van der Waals surface area contributed by atoms with Crippen molar-refractivity contribution in [2.45, 2.75) is 23.4 Å². The van der Waals surface area contributed by atoms with E-state index >= 15 is 0 Å². The van der Waals surface area contributed by atoms with Gasteiger partial charge in [-0.3, -0.25) is 4.79 Å². The minimum atomic E-state index is -0.233. The van der Waals surface area contributed by atoms with Gasteiger partial charge in [0.1, 0.15) is 5.01 Å². The minimum absolute atomic E-state index is 0.0693. The van der Waals surface area contributed by atoms with Crippen LogP contribution in [0.3, 0.4) is 0 Å². The second kappa shape index (κ2) is 6.36. The van der Waals surface area contributed by atoms with E-state index in [0.717, 1.165) is 15.0 Å². The third-order valence-electron chi connectivity index (χ3n) is 2.27. The number of aromatic nitrogens is 2. The van der Waals surface area contributed by atoms with Crippen LogP contribution in [0.5, 0.6) is 0 Å². The van der Waals surface area contributed by atoms with Gasteiger partial charge in [-0.2, -0.15) is 0 Å². The van der Waals surface area contributed by atoms with Crippen molar-refractivity contribution in [3.63, 3.8) is 0 Å². The van der Waals surface area contributed by atoms with E-state index in [1.165, 1.54) is 23.1 Å². The van der Waals surface area contributed by atoms with Gasteiger partial charge in [-0.05, 0) is 38.1 Å². The molecule has 100 valence electrons. The highest BCUT2D eigenvalue weighted by atomic mass is 35.5. The summed E-state index contributed by atoms with van der Waals surface area (Å²) in [5, 5.41) is 12.1. The molecule has 1 N–H and O–H groups in total. The molecule has 1 unspecified atom stereocenters. The Balaban J connectivity index is 1.94. The van der Waals surface area contributed by atoms with Crippen LogP contribution in [0.15, 0.2) is 28.6 Å². The number of halogens is 1. The van der Waals surface area contributed by atoms with Crippen molar-refractivity contribution in [2.75, 3.05) is 5.32 Å². The number of anilines is 1. The number of amides is 1. The molecular formula is C12H12ClN3OS2. The zero-order chi connectivity index (χ0) is 13.8. The van der Waals surface area contributed by atoms with Crippen molar-refractivity contribution in [1.82, 2.24) is 10.2 Å². The van der Waals surface area contributed by atoms with E-state index in [1.54, 1.807) is 24.3 Å². The lowest BCUT2D eigenvalue weighted by Gasteiger charge is -2.10. The molecule has 0 saturated heterocycles. The molecule has 1 amide bonds. The van der Waals surface area contributed by atoms with Gasteiger partial charge in [0.2, 0.25) is 5.91 Å². The number of nitrogens with one attached hydrogen (secondary N) is 1. The van der Waals surface area contributed by atoms with Crippen LogP contribution in [0.2, 0.25) is 5.02 Å². The zero-order valence-electron chi connectivity index (χ0n) is 10.4. The Kier molecular flexibility index (Phi) is 4.79. The molecule has 0 aliphatic carbocycles. The Morgan fingerprint density at radius 2 is 2.05 bits per heavy atom. The van der Waals surface area contributed by atoms with E-state index in [9.17, 15) is 4.79 Å². The standard InChI is InChI=1S/C12H12ClN3OS2/c1-7(18-12-16-15-8(2)19-12)11(17)14-10-5-3-9(13)4-6-10/h3-7H,1-2H3,(H,14,17). The summed E-state index contributed by atoms with van der Waals surface area (Å²) in [7, 11) is 0. The van der Waals surface area contributed by atoms with Crippen LogP contribution in [0, 0.1) is 6.92 Å². The van der Waals surface area contributed by atoms with Crippen LogP contribution in [-0.2, 0) is 4.79 Å². The highest BCUT2D eigenvalue weighted by Crippen LogP contribution is 2.27. The maximum atomic E-state index is 12.0. The lowest BCUT2D eigenvalue weighted by atomic mass is 10.3. The Bertz CT molecular complexity index is 571. The topological polar surface area (TPSA) is 54.9 Å². The monoisotopic (exact) mass is 313 g/mol. The summed E-state index contributed by atoms with van der Waals surface area (Å²) < 4.78 is 0.802. The van der Waals surface area contributed by atoms with Gasteiger partial charge >= 0.3 is 0 Å². The van der Waals surface area contributed by atoms with E-state index in [4.69, 9.17) is 11.6 Å². The maximum Gasteiger partial charge on any atom is 0.237 e. The summed E-state index contributed by atoms with van der Waals surface area (Å²) >= 11 is 8.68. The summed E-state index contributed by atoms with van der Waals surface area (Å²) in [6, 6.07) is 7.02. The van der Waals surface area contributed by atoms with Gasteiger partial charge < -0.3 is 5.32 Å². The minimum Gasteiger partial charge on any atom is -0.325 e. The Morgan fingerprint density at radius 1 is 1.37 bits per heavy atom. The third kappa shape index (κ3) is 4.19. The molecule has 0 bridgehead atoms. The maximum absolute atomic E-state index is 12.0. The number of carbonyl (C=O) groups excluding carboxylic acids is 1. The van der Waals surface area contributed by atoms with Gasteiger partial charge in [0.25, 0.3) is 0 Å². The molecule has 1 aromatic carbocycles. The molecule has 2 rings (SSSR count). The molecule has 0 saturated carbocycles. The predicted octanol–water partition coefficient (Wildman–Crippen LogP) is 3.62. The summed E-state index contributed by atoms with van der Waals surface area (Å²) in [5.41, 5.74) is 0.732. The quantitative estimate of drug-likeness (QED) is 0.876.